The predicted octanol–water partition coefficient (Wildman–Crippen LogP) is 2.85. The summed E-state index contributed by atoms with van der Waals surface area (Å²) in [6, 6.07) is 9.39. The number of pyridine rings is 1. The molecule has 2 amide bonds. The topological polar surface area (TPSA) is 83.5 Å². The fraction of sp³-hybridized carbons (Fsp3) is 0.250. The highest BCUT2D eigenvalue weighted by atomic mass is 19.3. The summed E-state index contributed by atoms with van der Waals surface area (Å²) in [6.07, 6.45) is 0.152. The van der Waals surface area contributed by atoms with Crippen LogP contribution in [0.2, 0.25) is 0 Å². The Bertz CT molecular complexity index is 698. The van der Waals surface area contributed by atoms with E-state index in [1.165, 1.54) is 18.3 Å². The summed E-state index contributed by atoms with van der Waals surface area (Å²) in [5.74, 6) is -0.300. The maximum atomic E-state index is 12.2. The van der Waals surface area contributed by atoms with E-state index in [1.807, 2.05) is 13.0 Å². The minimum atomic E-state index is -3.00. The number of rotatable bonds is 6. The van der Waals surface area contributed by atoms with Gasteiger partial charge in [-0.15, -0.1) is 0 Å². The number of ether oxygens (including phenoxy) is 1. The number of amides is 2. The number of carbonyl (C=O) groups is 1. The number of nitrogens with one attached hydrogen (secondary N) is 2. The molecule has 0 saturated heterocycles. The second-order valence-corrected chi connectivity index (χ2v) is 5.03. The van der Waals surface area contributed by atoms with Crippen LogP contribution < -0.4 is 15.4 Å². The molecule has 0 saturated carbocycles. The number of benzene rings is 1. The van der Waals surface area contributed by atoms with E-state index in [1.54, 1.807) is 18.2 Å². The smallest absolute Gasteiger partial charge is 0.388 e. The zero-order valence-corrected chi connectivity index (χ0v) is 12.9. The Kier molecular flexibility index (Phi) is 6.02. The van der Waals surface area contributed by atoms with Gasteiger partial charge < -0.3 is 20.5 Å². The van der Waals surface area contributed by atoms with E-state index in [9.17, 15) is 18.7 Å². The van der Waals surface area contributed by atoms with Crippen molar-refractivity contribution in [3.63, 3.8) is 0 Å². The molecule has 0 radical (unpaired) electrons. The molecule has 0 spiro atoms. The van der Waals surface area contributed by atoms with Gasteiger partial charge in [-0.3, -0.25) is 0 Å². The number of hydrogen-bond donors (Lipinski definition) is 3. The number of aromatic nitrogens is 1. The van der Waals surface area contributed by atoms with Gasteiger partial charge in [0.25, 0.3) is 0 Å². The van der Waals surface area contributed by atoms with Crippen LogP contribution in [0.1, 0.15) is 17.2 Å². The third kappa shape index (κ3) is 5.47. The van der Waals surface area contributed by atoms with Gasteiger partial charge in [-0.2, -0.15) is 8.78 Å². The van der Waals surface area contributed by atoms with Crippen molar-refractivity contribution in [2.75, 3.05) is 11.9 Å². The Balaban J connectivity index is 1.88. The zero-order valence-electron chi connectivity index (χ0n) is 12.9. The lowest BCUT2D eigenvalue weighted by atomic mass is 10.1. The first kappa shape index (κ1) is 17.6. The van der Waals surface area contributed by atoms with Crippen LogP contribution in [-0.4, -0.2) is 29.3 Å². The second-order valence-electron chi connectivity index (χ2n) is 5.03. The second kappa shape index (κ2) is 8.21. The van der Waals surface area contributed by atoms with Crippen molar-refractivity contribution in [3.05, 3.63) is 53.7 Å². The Morgan fingerprint density at radius 1 is 1.33 bits per heavy atom. The summed E-state index contributed by atoms with van der Waals surface area (Å²) in [7, 11) is 0. The first-order valence-corrected chi connectivity index (χ1v) is 7.14. The van der Waals surface area contributed by atoms with Crippen LogP contribution in [0.4, 0.5) is 19.3 Å². The molecule has 3 N–H and O–H groups in total. The van der Waals surface area contributed by atoms with Crippen LogP contribution in [0.25, 0.3) is 0 Å². The van der Waals surface area contributed by atoms with Gasteiger partial charge in [-0.1, -0.05) is 12.1 Å². The average Bonchev–Trinajstić information content (AvgIpc) is 2.52. The van der Waals surface area contributed by atoms with Gasteiger partial charge in [-0.05, 0) is 36.2 Å². The summed E-state index contributed by atoms with van der Waals surface area (Å²) >= 11 is 0. The molecule has 8 heteroatoms. The molecule has 0 aliphatic heterocycles. The molecule has 2 rings (SSSR count). The van der Waals surface area contributed by atoms with E-state index in [0.29, 0.717) is 11.3 Å². The number of aryl methyl sites for hydroxylation is 1. The summed E-state index contributed by atoms with van der Waals surface area (Å²) in [4.78, 5) is 15.4. The Morgan fingerprint density at radius 2 is 2.12 bits per heavy atom. The van der Waals surface area contributed by atoms with E-state index in [0.717, 1.165) is 5.56 Å². The lowest BCUT2D eigenvalue weighted by Gasteiger charge is -2.14. The van der Waals surface area contributed by atoms with Gasteiger partial charge >= 0.3 is 12.6 Å². The third-order valence-corrected chi connectivity index (χ3v) is 3.09. The number of halogens is 2. The third-order valence-electron chi connectivity index (χ3n) is 3.09. The first-order chi connectivity index (χ1) is 11.4. The van der Waals surface area contributed by atoms with Crippen molar-refractivity contribution in [3.8, 4) is 5.88 Å². The lowest BCUT2D eigenvalue weighted by molar-refractivity contribution is -0.0530. The van der Waals surface area contributed by atoms with Gasteiger partial charge in [0.1, 0.15) is 0 Å². The van der Waals surface area contributed by atoms with Gasteiger partial charge in [0.15, 0.2) is 0 Å². The summed E-state index contributed by atoms with van der Waals surface area (Å²) in [5, 5.41) is 15.2. The molecule has 6 nitrogen and oxygen atoms in total. The fourth-order valence-electron chi connectivity index (χ4n) is 1.99. The van der Waals surface area contributed by atoms with E-state index < -0.39 is 18.7 Å². The maximum Gasteiger partial charge on any atom is 0.388 e. The van der Waals surface area contributed by atoms with Crippen LogP contribution in [0.5, 0.6) is 5.88 Å². The van der Waals surface area contributed by atoms with Crippen LogP contribution in [0, 0.1) is 6.92 Å². The molecule has 0 fully saturated rings. The van der Waals surface area contributed by atoms with Gasteiger partial charge in [0.05, 0.1) is 6.10 Å². The fourth-order valence-corrected chi connectivity index (χ4v) is 1.99. The molecule has 128 valence electrons. The molecule has 1 atom stereocenters. The molecular weight excluding hydrogens is 320 g/mol. The van der Waals surface area contributed by atoms with Crippen LogP contribution in [0.3, 0.4) is 0 Å². The van der Waals surface area contributed by atoms with E-state index in [4.69, 9.17) is 0 Å². The minimum absolute atomic E-state index is 0.101. The lowest BCUT2D eigenvalue weighted by Crippen LogP contribution is -2.32. The van der Waals surface area contributed by atoms with Crippen LogP contribution in [-0.2, 0) is 0 Å². The molecule has 0 bridgehead atoms. The molecule has 1 aromatic carbocycles. The molecule has 24 heavy (non-hydrogen) atoms. The minimum Gasteiger partial charge on any atom is -0.417 e. The number of aliphatic hydroxyl groups excluding tert-OH is 1. The first-order valence-electron chi connectivity index (χ1n) is 7.14. The standard InChI is InChI=1S/C16H17F2N3O3/c1-10-3-2-4-12(7-10)21-16(23)20-9-13(22)11-5-6-19-14(8-11)24-15(17)18/h2-8,13,15,22H,9H2,1H3,(H2,20,21,23)/t13-/m1/s1. The molecule has 1 heterocycles. The normalized spacial score (nSPS) is 11.9. The van der Waals surface area contributed by atoms with Gasteiger partial charge in [-0.25, -0.2) is 9.78 Å². The highest BCUT2D eigenvalue weighted by Gasteiger charge is 2.13. The van der Waals surface area contributed by atoms with Gasteiger partial charge in [0.2, 0.25) is 5.88 Å². The van der Waals surface area contributed by atoms with Crippen molar-refractivity contribution in [1.82, 2.24) is 10.3 Å². The van der Waals surface area contributed by atoms with Crippen molar-refractivity contribution < 1.29 is 23.4 Å². The molecule has 2 aromatic rings. The molecule has 0 aliphatic carbocycles. The highest BCUT2D eigenvalue weighted by Crippen LogP contribution is 2.18. The van der Waals surface area contributed by atoms with Crippen molar-refractivity contribution >= 4 is 11.7 Å². The largest absolute Gasteiger partial charge is 0.417 e. The monoisotopic (exact) mass is 337 g/mol. The zero-order chi connectivity index (χ0) is 17.5. The number of aliphatic hydroxyl groups is 1. The van der Waals surface area contributed by atoms with Crippen LogP contribution in [0.15, 0.2) is 42.6 Å². The highest BCUT2D eigenvalue weighted by molar-refractivity contribution is 5.89. The average molecular weight is 337 g/mol. The predicted molar refractivity (Wildman–Crippen MR) is 84.0 cm³/mol. The SMILES string of the molecule is Cc1cccc(NC(=O)NC[C@@H](O)c2ccnc(OC(F)F)c2)c1. The van der Waals surface area contributed by atoms with Gasteiger partial charge in [0, 0.05) is 24.5 Å². The Labute approximate surface area is 137 Å². The number of carbonyl (C=O) groups excluding carboxylic acids is 1. The van der Waals surface area contributed by atoms with E-state index >= 15 is 0 Å². The summed E-state index contributed by atoms with van der Waals surface area (Å²) < 4.78 is 28.5. The molecule has 0 unspecified atom stereocenters. The number of hydrogen-bond acceptors (Lipinski definition) is 4. The molecule has 1 aromatic heterocycles. The van der Waals surface area contributed by atoms with E-state index in [-0.39, 0.29) is 12.4 Å². The van der Waals surface area contributed by atoms with Crippen LogP contribution >= 0.6 is 0 Å². The number of urea groups is 1. The summed E-state index contributed by atoms with van der Waals surface area (Å²) in [5.41, 5.74) is 1.92. The number of anilines is 1. The Morgan fingerprint density at radius 3 is 2.83 bits per heavy atom. The van der Waals surface area contributed by atoms with Crippen molar-refractivity contribution in [1.29, 1.82) is 0 Å². The molecular formula is C16H17F2N3O3. The maximum absolute atomic E-state index is 12.2. The molecule has 0 aliphatic rings. The van der Waals surface area contributed by atoms with Crippen molar-refractivity contribution in [2.45, 2.75) is 19.6 Å². The summed E-state index contributed by atoms with van der Waals surface area (Å²) in [6.45, 7) is -1.20. The van der Waals surface area contributed by atoms with Crippen molar-refractivity contribution in [2.24, 2.45) is 0 Å². The quantitative estimate of drug-likeness (QED) is 0.757. The number of alkyl halides is 2. The number of nitrogens with zero attached hydrogens (tertiary/aromatic N) is 1. The van der Waals surface area contributed by atoms with E-state index in [2.05, 4.69) is 20.4 Å². The Hall–Kier alpha value is -2.74.